The Balaban J connectivity index is 1.44. The molecule has 0 amide bonds. The van der Waals surface area contributed by atoms with Crippen LogP contribution in [0.3, 0.4) is 0 Å². The van der Waals surface area contributed by atoms with Gasteiger partial charge in [-0.25, -0.2) is 0 Å². The predicted octanol–water partition coefficient (Wildman–Crippen LogP) is 3.13. The van der Waals surface area contributed by atoms with Crippen LogP contribution in [-0.4, -0.2) is 38.2 Å². The SMILES string of the molecule is CN=C(NCCc1cccc(OC)c1)NCCc1c[nH]c2ccccc12. The van der Waals surface area contributed by atoms with Crippen molar-refractivity contribution in [1.82, 2.24) is 15.6 Å². The molecule has 0 saturated heterocycles. The average Bonchev–Trinajstić information content (AvgIpc) is 3.10. The number of hydrogen-bond acceptors (Lipinski definition) is 2. The Labute approximate surface area is 154 Å². The molecule has 3 aromatic rings. The van der Waals surface area contributed by atoms with Gasteiger partial charge in [0.05, 0.1) is 7.11 Å². The average molecular weight is 350 g/mol. The fraction of sp³-hybridized carbons (Fsp3) is 0.286. The molecule has 0 fully saturated rings. The Morgan fingerprint density at radius 1 is 1.04 bits per heavy atom. The molecule has 0 unspecified atom stereocenters. The lowest BCUT2D eigenvalue weighted by atomic mass is 10.1. The maximum Gasteiger partial charge on any atom is 0.190 e. The summed E-state index contributed by atoms with van der Waals surface area (Å²) < 4.78 is 5.26. The molecule has 0 aliphatic heterocycles. The molecule has 136 valence electrons. The predicted molar refractivity (Wildman–Crippen MR) is 108 cm³/mol. The van der Waals surface area contributed by atoms with E-state index in [-0.39, 0.29) is 0 Å². The number of H-pyrrole nitrogens is 1. The smallest absolute Gasteiger partial charge is 0.190 e. The number of aliphatic imine (C=N–C) groups is 1. The van der Waals surface area contributed by atoms with Crippen LogP contribution in [0.1, 0.15) is 11.1 Å². The normalized spacial score (nSPS) is 11.5. The van der Waals surface area contributed by atoms with Gasteiger partial charge < -0.3 is 20.4 Å². The van der Waals surface area contributed by atoms with E-state index >= 15 is 0 Å². The molecule has 0 aliphatic carbocycles. The molecule has 0 atom stereocenters. The van der Waals surface area contributed by atoms with Crippen molar-refractivity contribution in [3.8, 4) is 5.75 Å². The number of rotatable bonds is 7. The van der Waals surface area contributed by atoms with Gasteiger partial charge in [0.1, 0.15) is 5.75 Å². The number of benzene rings is 2. The lowest BCUT2D eigenvalue weighted by molar-refractivity contribution is 0.414. The summed E-state index contributed by atoms with van der Waals surface area (Å²) in [6.07, 6.45) is 3.95. The van der Waals surface area contributed by atoms with Gasteiger partial charge in [-0.15, -0.1) is 0 Å². The van der Waals surface area contributed by atoms with E-state index in [4.69, 9.17) is 4.74 Å². The van der Waals surface area contributed by atoms with E-state index in [2.05, 4.69) is 63.2 Å². The van der Waals surface area contributed by atoms with Gasteiger partial charge in [-0.1, -0.05) is 30.3 Å². The van der Waals surface area contributed by atoms with Gasteiger partial charge >= 0.3 is 0 Å². The summed E-state index contributed by atoms with van der Waals surface area (Å²) in [6.45, 7) is 1.65. The van der Waals surface area contributed by atoms with Crippen LogP contribution in [0.4, 0.5) is 0 Å². The zero-order valence-electron chi connectivity index (χ0n) is 15.4. The molecule has 0 radical (unpaired) electrons. The van der Waals surface area contributed by atoms with Crippen molar-refractivity contribution in [2.24, 2.45) is 4.99 Å². The van der Waals surface area contributed by atoms with Crippen LogP contribution < -0.4 is 15.4 Å². The Morgan fingerprint density at radius 3 is 2.65 bits per heavy atom. The molecule has 0 saturated carbocycles. The van der Waals surface area contributed by atoms with Gasteiger partial charge in [0.2, 0.25) is 0 Å². The van der Waals surface area contributed by atoms with Crippen molar-refractivity contribution < 1.29 is 4.74 Å². The number of para-hydroxylation sites is 1. The van der Waals surface area contributed by atoms with Crippen LogP contribution in [0.5, 0.6) is 5.75 Å². The third kappa shape index (κ3) is 4.57. The van der Waals surface area contributed by atoms with Crippen molar-refractivity contribution in [1.29, 1.82) is 0 Å². The zero-order chi connectivity index (χ0) is 18.2. The van der Waals surface area contributed by atoms with Crippen LogP contribution >= 0.6 is 0 Å². The fourth-order valence-corrected chi connectivity index (χ4v) is 3.03. The van der Waals surface area contributed by atoms with Gasteiger partial charge in [-0.3, -0.25) is 4.99 Å². The first-order valence-corrected chi connectivity index (χ1v) is 8.92. The van der Waals surface area contributed by atoms with Crippen LogP contribution in [0.15, 0.2) is 59.7 Å². The first-order valence-electron chi connectivity index (χ1n) is 8.92. The number of aromatic amines is 1. The molecule has 5 nitrogen and oxygen atoms in total. The third-order valence-electron chi connectivity index (χ3n) is 4.43. The number of guanidine groups is 1. The van der Waals surface area contributed by atoms with Crippen LogP contribution in [-0.2, 0) is 12.8 Å². The summed E-state index contributed by atoms with van der Waals surface area (Å²) in [5.74, 6) is 1.72. The highest BCUT2D eigenvalue weighted by molar-refractivity contribution is 5.83. The molecule has 3 rings (SSSR count). The van der Waals surface area contributed by atoms with E-state index in [1.165, 1.54) is 22.0 Å². The maximum absolute atomic E-state index is 5.26. The Morgan fingerprint density at radius 2 is 1.85 bits per heavy atom. The summed E-state index contributed by atoms with van der Waals surface area (Å²) >= 11 is 0. The number of fused-ring (bicyclic) bond motifs is 1. The van der Waals surface area contributed by atoms with E-state index in [1.807, 2.05) is 12.1 Å². The topological polar surface area (TPSA) is 61.4 Å². The van der Waals surface area contributed by atoms with Crippen LogP contribution in [0, 0.1) is 0 Å². The summed E-state index contributed by atoms with van der Waals surface area (Å²) in [5.41, 5.74) is 3.74. The van der Waals surface area contributed by atoms with Crippen molar-refractivity contribution in [3.63, 3.8) is 0 Å². The molecule has 5 heteroatoms. The number of nitrogens with zero attached hydrogens (tertiary/aromatic N) is 1. The molecule has 1 aromatic heterocycles. The standard InChI is InChI=1S/C21H26N4O/c1-22-21(23-12-10-16-6-5-7-18(14-16)26-2)24-13-11-17-15-25-20-9-4-3-8-19(17)20/h3-9,14-15,25H,10-13H2,1-2H3,(H2,22,23,24). The zero-order valence-corrected chi connectivity index (χ0v) is 15.4. The molecule has 1 heterocycles. The summed E-state index contributed by atoms with van der Waals surface area (Å²) in [5, 5.41) is 8.03. The van der Waals surface area contributed by atoms with Gasteiger partial charge in [0.25, 0.3) is 0 Å². The van der Waals surface area contributed by atoms with Gasteiger partial charge in [0, 0.05) is 37.2 Å². The highest BCUT2D eigenvalue weighted by Crippen LogP contribution is 2.17. The minimum Gasteiger partial charge on any atom is -0.497 e. The van der Waals surface area contributed by atoms with Gasteiger partial charge in [-0.2, -0.15) is 0 Å². The second-order valence-electron chi connectivity index (χ2n) is 6.14. The monoisotopic (exact) mass is 350 g/mol. The summed E-state index contributed by atoms with van der Waals surface area (Å²) in [6, 6.07) is 16.5. The molecular formula is C21H26N4O. The molecule has 0 aliphatic rings. The first kappa shape index (κ1) is 17.9. The number of hydrogen-bond donors (Lipinski definition) is 3. The lowest BCUT2D eigenvalue weighted by Crippen LogP contribution is -2.39. The lowest BCUT2D eigenvalue weighted by Gasteiger charge is -2.12. The van der Waals surface area contributed by atoms with Crippen LogP contribution in [0.2, 0.25) is 0 Å². The van der Waals surface area contributed by atoms with Crippen molar-refractivity contribution in [2.45, 2.75) is 12.8 Å². The molecule has 2 aromatic carbocycles. The second-order valence-corrected chi connectivity index (χ2v) is 6.14. The van der Waals surface area contributed by atoms with Gasteiger partial charge in [-0.05, 0) is 42.2 Å². The van der Waals surface area contributed by atoms with Crippen molar-refractivity contribution in [2.75, 3.05) is 27.2 Å². The molecule has 0 bridgehead atoms. The number of nitrogens with one attached hydrogen (secondary N) is 3. The fourth-order valence-electron chi connectivity index (χ4n) is 3.03. The summed E-state index contributed by atoms with van der Waals surface area (Å²) in [4.78, 5) is 7.61. The first-order chi connectivity index (χ1) is 12.8. The van der Waals surface area contributed by atoms with E-state index in [0.717, 1.165) is 37.6 Å². The second kappa shape index (κ2) is 8.94. The largest absolute Gasteiger partial charge is 0.497 e. The maximum atomic E-state index is 5.26. The van der Waals surface area contributed by atoms with E-state index in [0.29, 0.717) is 0 Å². The Bertz CT molecular complexity index is 869. The minimum absolute atomic E-state index is 0.819. The number of aromatic nitrogens is 1. The van der Waals surface area contributed by atoms with Crippen LogP contribution in [0.25, 0.3) is 10.9 Å². The highest BCUT2D eigenvalue weighted by atomic mass is 16.5. The Kier molecular flexibility index (Phi) is 6.14. The number of methoxy groups -OCH3 is 1. The third-order valence-corrected chi connectivity index (χ3v) is 4.43. The highest BCUT2D eigenvalue weighted by Gasteiger charge is 2.04. The molecule has 0 spiro atoms. The van der Waals surface area contributed by atoms with Gasteiger partial charge in [0.15, 0.2) is 5.96 Å². The molecule has 3 N–H and O–H groups in total. The van der Waals surface area contributed by atoms with Crippen molar-refractivity contribution in [3.05, 3.63) is 65.9 Å². The molecule has 26 heavy (non-hydrogen) atoms. The van der Waals surface area contributed by atoms with E-state index < -0.39 is 0 Å². The van der Waals surface area contributed by atoms with Crippen molar-refractivity contribution >= 4 is 16.9 Å². The quantitative estimate of drug-likeness (QED) is 0.453. The summed E-state index contributed by atoms with van der Waals surface area (Å²) in [7, 11) is 3.49. The molecular weight excluding hydrogens is 324 g/mol. The minimum atomic E-state index is 0.819. The Hall–Kier alpha value is -2.95. The van der Waals surface area contributed by atoms with E-state index in [1.54, 1.807) is 14.2 Å². The number of ether oxygens (including phenoxy) is 1. The van der Waals surface area contributed by atoms with E-state index in [9.17, 15) is 0 Å².